The zero-order valence-electron chi connectivity index (χ0n) is 19.3. The summed E-state index contributed by atoms with van der Waals surface area (Å²) < 4.78 is 20.8. The maximum absolute atomic E-state index is 13.1. The molecule has 0 bridgehead atoms. The standard InChI is InChI=1S/C17H20N2O2S.C8H8FN3/c1-19-6-4-17(5-7-19)9-13(10-17)21-15-3-2-12-8-14(11-20)22-16(12)18-15;1-10-6-4-7(9)8-11-2-3-12(8)5-6/h2-3,8,11,13H,4-7,9-10H2,1H3;2-5,10H,1H3. The normalized spacial score (nSPS) is 17.9. The molecular formula is C25H28FN5O2S. The Bertz CT molecular complexity index is 1300. The van der Waals surface area contributed by atoms with Gasteiger partial charge in [-0.1, -0.05) is 0 Å². The Morgan fingerprint density at radius 2 is 2.06 bits per heavy atom. The van der Waals surface area contributed by atoms with E-state index in [2.05, 4.69) is 27.2 Å². The number of fused-ring (bicyclic) bond motifs is 2. The Balaban J connectivity index is 0.000000169. The summed E-state index contributed by atoms with van der Waals surface area (Å²) in [5, 5.41) is 3.87. The summed E-state index contributed by atoms with van der Waals surface area (Å²) in [6.45, 7) is 2.42. The van der Waals surface area contributed by atoms with Crippen LogP contribution in [-0.2, 0) is 0 Å². The number of ether oxygens (including phenoxy) is 1. The maximum Gasteiger partial charge on any atom is 0.214 e. The number of aldehydes is 1. The van der Waals surface area contributed by atoms with E-state index in [9.17, 15) is 9.18 Å². The van der Waals surface area contributed by atoms with Gasteiger partial charge in [-0.3, -0.25) is 4.79 Å². The number of hydrogen-bond donors (Lipinski definition) is 1. The summed E-state index contributed by atoms with van der Waals surface area (Å²) in [7, 11) is 3.95. The second-order valence-corrected chi connectivity index (χ2v) is 10.3. The monoisotopic (exact) mass is 481 g/mol. The van der Waals surface area contributed by atoms with Gasteiger partial charge in [-0.05, 0) is 63.4 Å². The molecule has 6 rings (SSSR count). The number of anilines is 1. The van der Waals surface area contributed by atoms with Crippen molar-refractivity contribution in [2.24, 2.45) is 5.41 Å². The Labute approximate surface area is 201 Å². The van der Waals surface area contributed by atoms with Crippen molar-refractivity contribution in [1.82, 2.24) is 19.3 Å². The molecule has 1 saturated heterocycles. The van der Waals surface area contributed by atoms with E-state index >= 15 is 0 Å². The third-order valence-electron chi connectivity index (χ3n) is 6.88. The van der Waals surface area contributed by atoms with E-state index in [1.807, 2.05) is 18.2 Å². The van der Waals surface area contributed by atoms with Crippen LogP contribution >= 0.6 is 11.3 Å². The zero-order valence-corrected chi connectivity index (χ0v) is 20.1. The van der Waals surface area contributed by atoms with Crippen LogP contribution in [0.4, 0.5) is 10.1 Å². The Morgan fingerprint density at radius 3 is 2.79 bits per heavy atom. The number of halogens is 1. The number of imidazole rings is 1. The van der Waals surface area contributed by atoms with Crippen LogP contribution in [0.15, 0.2) is 42.9 Å². The average Bonchev–Trinajstić information content (AvgIpc) is 3.46. The van der Waals surface area contributed by atoms with Gasteiger partial charge in [-0.2, -0.15) is 0 Å². The highest BCUT2D eigenvalue weighted by Crippen LogP contribution is 2.50. The summed E-state index contributed by atoms with van der Waals surface area (Å²) >= 11 is 1.42. The van der Waals surface area contributed by atoms with Crippen LogP contribution in [-0.4, -0.2) is 58.8 Å². The first-order valence-electron chi connectivity index (χ1n) is 11.5. The van der Waals surface area contributed by atoms with E-state index in [1.54, 1.807) is 30.0 Å². The molecule has 4 aromatic rings. The fourth-order valence-corrected chi connectivity index (χ4v) is 5.67. The van der Waals surface area contributed by atoms with Gasteiger partial charge in [0.25, 0.3) is 0 Å². The lowest BCUT2D eigenvalue weighted by atomic mass is 9.61. The number of nitrogens with one attached hydrogen (secondary N) is 1. The van der Waals surface area contributed by atoms with Gasteiger partial charge in [0.1, 0.15) is 10.9 Å². The quantitative estimate of drug-likeness (QED) is 0.419. The van der Waals surface area contributed by atoms with Gasteiger partial charge in [-0.15, -0.1) is 11.3 Å². The second-order valence-electron chi connectivity index (χ2n) is 9.25. The molecule has 0 radical (unpaired) electrons. The number of piperidine rings is 1. The summed E-state index contributed by atoms with van der Waals surface area (Å²) in [5.41, 5.74) is 1.61. The number of carbonyl (C=O) groups is 1. The predicted octanol–water partition coefficient (Wildman–Crippen LogP) is 4.88. The lowest BCUT2D eigenvalue weighted by Crippen LogP contribution is -2.50. The van der Waals surface area contributed by atoms with Crippen molar-refractivity contribution < 1.29 is 13.9 Å². The average molecular weight is 482 g/mol. The highest BCUT2D eigenvalue weighted by Gasteiger charge is 2.46. The van der Waals surface area contributed by atoms with E-state index in [0.29, 0.717) is 27.9 Å². The van der Waals surface area contributed by atoms with Gasteiger partial charge in [0.2, 0.25) is 5.88 Å². The van der Waals surface area contributed by atoms with Crippen LogP contribution in [0.1, 0.15) is 35.4 Å². The maximum atomic E-state index is 13.1. The number of likely N-dealkylation sites (tertiary alicyclic amines) is 1. The van der Waals surface area contributed by atoms with E-state index in [1.165, 1.54) is 43.3 Å². The highest BCUT2D eigenvalue weighted by atomic mass is 32.1. The van der Waals surface area contributed by atoms with Gasteiger partial charge in [0, 0.05) is 43.2 Å². The number of aromatic nitrogens is 3. The van der Waals surface area contributed by atoms with Crippen LogP contribution in [0.5, 0.6) is 5.88 Å². The third kappa shape index (κ3) is 4.63. The molecule has 0 unspecified atom stereocenters. The van der Waals surface area contributed by atoms with Gasteiger partial charge in [0.05, 0.1) is 10.6 Å². The molecule has 1 N–H and O–H groups in total. The minimum atomic E-state index is -0.313. The molecule has 1 aliphatic heterocycles. The molecule has 2 fully saturated rings. The molecule has 0 amide bonds. The smallest absolute Gasteiger partial charge is 0.214 e. The first-order chi connectivity index (χ1) is 16.5. The predicted molar refractivity (Wildman–Crippen MR) is 133 cm³/mol. The van der Waals surface area contributed by atoms with E-state index in [-0.39, 0.29) is 5.82 Å². The number of nitrogens with zero attached hydrogens (tertiary/aromatic N) is 4. The van der Waals surface area contributed by atoms with Gasteiger partial charge in [0.15, 0.2) is 17.8 Å². The van der Waals surface area contributed by atoms with Gasteiger partial charge < -0.3 is 19.4 Å². The van der Waals surface area contributed by atoms with Crippen LogP contribution in [0.3, 0.4) is 0 Å². The van der Waals surface area contributed by atoms with Crippen molar-refractivity contribution >= 4 is 39.2 Å². The molecule has 1 aliphatic carbocycles. The molecule has 2 aliphatic rings. The molecule has 5 heterocycles. The fraction of sp³-hybridized carbons (Fsp3) is 0.400. The lowest BCUT2D eigenvalue weighted by molar-refractivity contribution is -0.0531. The largest absolute Gasteiger partial charge is 0.474 e. The van der Waals surface area contributed by atoms with Gasteiger partial charge >= 0.3 is 0 Å². The van der Waals surface area contributed by atoms with Crippen LogP contribution in [0, 0.1) is 11.2 Å². The minimum Gasteiger partial charge on any atom is -0.474 e. The number of hydrogen-bond acceptors (Lipinski definition) is 7. The number of carbonyl (C=O) groups excluding carboxylic acids is 1. The molecular weight excluding hydrogens is 453 g/mol. The lowest BCUT2D eigenvalue weighted by Gasteiger charge is -2.51. The molecule has 9 heteroatoms. The Morgan fingerprint density at radius 1 is 1.26 bits per heavy atom. The van der Waals surface area contributed by atoms with Crippen LogP contribution < -0.4 is 10.1 Å². The van der Waals surface area contributed by atoms with Crippen molar-refractivity contribution in [3.8, 4) is 5.88 Å². The minimum absolute atomic E-state index is 0.304. The zero-order chi connectivity index (χ0) is 23.7. The second kappa shape index (κ2) is 9.31. The van der Waals surface area contributed by atoms with E-state index in [4.69, 9.17) is 4.74 Å². The molecule has 4 aromatic heterocycles. The first-order valence-corrected chi connectivity index (χ1v) is 12.3. The first kappa shape index (κ1) is 22.7. The molecule has 7 nitrogen and oxygen atoms in total. The number of pyridine rings is 2. The molecule has 0 atom stereocenters. The molecule has 178 valence electrons. The summed E-state index contributed by atoms with van der Waals surface area (Å²) in [4.78, 5) is 23.2. The number of thiophene rings is 1. The summed E-state index contributed by atoms with van der Waals surface area (Å²) in [5.74, 6) is 0.381. The van der Waals surface area contributed by atoms with Crippen molar-refractivity contribution in [2.45, 2.75) is 31.8 Å². The molecule has 34 heavy (non-hydrogen) atoms. The Hall–Kier alpha value is -3.04. The molecule has 1 spiro atoms. The topological polar surface area (TPSA) is 71.8 Å². The highest BCUT2D eigenvalue weighted by molar-refractivity contribution is 7.20. The van der Waals surface area contributed by atoms with Crippen molar-refractivity contribution in [2.75, 3.05) is 32.5 Å². The summed E-state index contributed by atoms with van der Waals surface area (Å²) in [6, 6.07) is 7.21. The van der Waals surface area contributed by atoms with E-state index in [0.717, 1.165) is 35.0 Å². The van der Waals surface area contributed by atoms with Crippen molar-refractivity contribution in [1.29, 1.82) is 0 Å². The van der Waals surface area contributed by atoms with Crippen molar-refractivity contribution in [3.63, 3.8) is 0 Å². The SMILES string of the molecule is CN1CCC2(CC1)CC(Oc1ccc3cc(C=O)sc3n1)C2.CNc1cc(F)c2nccn2c1. The van der Waals surface area contributed by atoms with Crippen molar-refractivity contribution in [3.05, 3.63) is 53.6 Å². The summed E-state index contributed by atoms with van der Waals surface area (Å²) in [6.07, 6.45) is 11.1. The van der Waals surface area contributed by atoms with E-state index < -0.39 is 0 Å². The fourth-order valence-electron chi connectivity index (χ4n) is 4.83. The molecule has 1 saturated carbocycles. The third-order valence-corrected chi connectivity index (χ3v) is 7.85. The van der Waals surface area contributed by atoms with Crippen LogP contribution in [0.2, 0.25) is 0 Å². The Kier molecular flexibility index (Phi) is 6.22. The number of rotatable bonds is 4. The van der Waals surface area contributed by atoms with Gasteiger partial charge in [-0.25, -0.2) is 14.4 Å². The molecule has 0 aromatic carbocycles. The van der Waals surface area contributed by atoms with Crippen LogP contribution in [0.25, 0.3) is 15.9 Å².